The summed E-state index contributed by atoms with van der Waals surface area (Å²) in [6.45, 7) is 3.19. The maximum atomic E-state index is 11.2. The van der Waals surface area contributed by atoms with Crippen molar-refractivity contribution >= 4 is 11.6 Å². The van der Waals surface area contributed by atoms with Gasteiger partial charge in [0.25, 0.3) is 0 Å². The van der Waals surface area contributed by atoms with E-state index in [0.29, 0.717) is 5.56 Å². The van der Waals surface area contributed by atoms with Gasteiger partial charge in [-0.25, -0.2) is 4.98 Å². The van der Waals surface area contributed by atoms with E-state index in [0.717, 1.165) is 25.3 Å². The van der Waals surface area contributed by atoms with Gasteiger partial charge in [0.2, 0.25) is 0 Å². The van der Waals surface area contributed by atoms with Gasteiger partial charge in [-0.3, -0.25) is 4.79 Å². The monoisotopic (exact) mass is 215 g/mol. The van der Waals surface area contributed by atoms with E-state index in [1.54, 1.807) is 25.3 Å². The fourth-order valence-electron chi connectivity index (χ4n) is 1.96. The summed E-state index contributed by atoms with van der Waals surface area (Å²) in [6, 6.07) is 5.54. The molecule has 1 aliphatic rings. The van der Waals surface area contributed by atoms with E-state index in [9.17, 15) is 4.79 Å². The molecule has 1 fully saturated rings. The zero-order chi connectivity index (χ0) is 11.5. The third kappa shape index (κ3) is 2.03. The van der Waals surface area contributed by atoms with Crippen LogP contribution in [0.2, 0.25) is 0 Å². The van der Waals surface area contributed by atoms with Crippen LogP contribution in [0.25, 0.3) is 0 Å². The molecule has 0 amide bonds. The second-order valence-corrected chi connectivity index (χ2v) is 4.06. The number of rotatable bonds is 2. The highest BCUT2D eigenvalue weighted by Gasteiger charge is 2.26. The molecule has 4 nitrogen and oxygen atoms in total. The number of nitrogens with zero attached hydrogens (tertiary/aromatic N) is 3. The van der Waals surface area contributed by atoms with Crippen LogP contribution in [0, 0.1) is 17.2 Å². The molecular formula is C12H13N3O. The van der Waals surface area contributed by atoms with E-state index in [4.69, 9.17) is 5.26 Å². The first kappa shape index (κ1) is 10.6. The molecule has 1 atom stereocenters. The van der Waals surface area contributed by atoms with Gasteiger partial charge in [-0.05, 0) is 25.5 Å². The van der Waals surface area contributed by atoms with Crippen LogP contribution in [0.4, 0.5) is 5.82 Å². The van der Waals surface area contributed by atoms with Crippen molar-refractivity contribution in [1.82, 2.24) is 4.98 Å². The van der Waals surface area contributed by atoms with E-state index in [1.165, 1.54) is 0 Å². The van der Waals surface area contributed by atoms with Crippen molar-refractivity contribution in [1.29, 1.82) is 5.26 Å². The third-order valence-electron chi connectivity index (χ3n) is 2.96. The summed E-state index contributed by atoms with van der Waals surface area (Å²) in [5, 5.41) is 8.79. The van der Waals surface area contributed by atoms with Gasteiger partial charge < -0.3 is 4.90 Å². The van der Waals surface area contributed by atoms with Crippen LogP contribution in [0.3, 0.4) is 0 Å². The second kappa shape index (κ2) is 4.31. The molecule has 0 N–H and O–H groups in total. The molecule has 0 aliphatic carbocycles. The van der Waals surface area contributed by atoms with Gasteiger partial charge in [-0.1, -0.05) is 0 Å². The van der Waals surface area contributed by atoms with Crippen LogP contribution in [0.1, 0.15) is 18.9 Å². The zero-order valence-corrected chi connectivity index (χ0v) is 9.18. The minimum Gasteiger partial charge on any atom is -0.356 e. The van der Waals surface area contributed by atoms with Crippen molar-refractivity contribution in [3.8, 4) is 6.07 Å². The maximum absolute atomic E-state index is 11.2. The molecule has 16 heavy (non-hydrogen) atoms. The molecule has 1 aliphatic heterocycles. The van der Waals surface area contributed by atoms with Crippen LogP contribution in [-0.2, 0) is 4.79 Å². The summed E-state index contributed by atoms with van der Waals surface area (Å²) >= 11 is 0. The Kier molecular flexibility index (Phi) is 2.86. The molecule has 1 aromatic rings. The maximum Gasteiger partial charge on any atom is 0.134 e. The van der Waals surface area contributed by atoms with Gasteiger partial charge >= 0.3 is 0 Å². The zero-order valence-electron chi connectivity index (χ0n) is 9.18. The summed E-state index contributed by atoms with van der Waals surface area (Å²) in [5.74, 6) is 1.15. The van der Waals surface area contributed by atoms with Crippen molar-refractivity contribution in [2.24, 2.45) is 5.92 Å². The number of anilines is 1. The average Bonchev–Trinajstić information content (AvgIpc) is 2.78. The molecule has 1 aromatic heterocycles. The lowest BCUT2D eigenvalue weighted by atomic mass is 10.1. The first-order chi connectivity index (χ1) is 7.70. The minimum absolute atomic E-state index is 0.118. The quantitative estimate of drug-likeness (QED) is 0.747. The number of hydrogen-bond donors (Lipinski definition) is 0. The third-order valence-corrected chi connectivity index (χ3v) is 2.96. The summed E-state index contributed by atoms with van der Waals surface area (Å²) < 4.78 is 0. The van der Waals surface area contributed by atoms with Gasteiger partial charge in [0.15, 0.2) is 0 Å². The lowest BCUT2D eigenvalue weighted by Crippen LogP contribution is -2.22. The molecular weight excluding hydrogens is 202 g/mol. The topological polar surface area (TPSA) is 57.0 Å². The molecule has 0 radical (unpaired) electrons. The number of aromatic nitrogens is 1. The molecule has 0 spiro atoms. The van der Waals surface area contributed by atoms with Gasteiger partial charge in [-0.2, -0.15) is 5.26 Å². The fraction of sp³-hybridized carbons (Fsp3) is 0.417. The van der Waals surface area contributed by atoms with Gasteiger partial charge in [-0.15, -0.1) is 0 Å². The summed E-state index contributed by atoms with van der Waals surface area (Å²) in [4.78, 5) is 17.5. The van der Waals surface area contributed by atoms with Crippen molar-refractivity contribution < 1.29 is 4.79 Å². The summed E-state index contributed by atoms with van der Waals surface area (Å²) in [6.07, 6.45) is 2.52. The highest BCUT2D eigenvalue weighted by molar-refractivity contribution is 5.79. The molecule has 2 rings (SSSR count). The fourth-order valence-corrected chi connectivity index (χ4v) is 1.96. The first-order valence-corrected chi connectivity index (χ1v) is 5.32. The van der Waals surface area contributed by atoms with E-state index in [2.05, 4.69) is 16.0 Å². The number of carbonyl (C=O) groups excluding carboxylic acids is 1. The Hall–Kier alpha value is -1.89. The number of ketones is 1. The Morgan fingerprint density at radius 2 is 2.50 bits per heavy atom. The normalized spacial score (nSPS) is 19.5. The minimum atomic E-state index is 0.118. The molecule has 2 heterocycles. The molecule has 0 bridgehead atoms. The largest absolute Gasteiger partial charge is 0.356 e. The smallest absolute Gasteiger partial charge is 0.134 e. The van der Waals surface area contributed by atoms with Crippen LogP contribution >= 0.6 is 0 Å². The van der Waals surface area contributed by atoms with Gasteiger partial charge in [0, 0.05) is 25.2 Å². The lowest BCUT2D eigenvalue weighted by molar-refractivity contribution is -0.120. The van der Waals surface area contributed by atoms with E-state index in [-0.39, 0.29) is 11.7 Å². The standard InChI is InChI=1S/C12H13N3O/c1-9(16)11-3-5-15(8-11)12-6-10(7-13)2-4-14-12/h2,4,6,11H,3,5,8H2,1H3/t11-/m1/s1. The Balaban J connectivity index is 2.14. The Morgan fingerprint density at radius 3 is 3.12 bits per heavy atom. The Morgan fingerprint density at radius 1 is 1.69 bits per heavy atom. The molecule has 0 unspecified atom stereocenters. The Labute approximate surface area is 94.5 Å². The van der Waals surface area contributed by atoms with Gasteiger partial charge in [0.05, 0.1) is 11.6 Å². The number of pyridine rings is 1. The highest BCUT2D eigenvalue weighted by Crippen LogP contribution is 2.22. The van der Waals surface area contributed by atoms with E-state index < -0.39 is 0 Å². The first-order valence-electron chi connectivity index (χ1n) is 5.32. The number of Topliss-reactive ketones (excluding diaryl/α,β-unsaturated/α-hetero) is 1. The number of hydrogen-bond acceptors (Lipinski definition) is 4. The predicted molar refractivity (Wildman–Crippen MR) is 60.0 cm³/mol. The van der Waals surface area contributed by atoms with Crippen molar-refractivity contribution in [3.05, 3.63) is 23.9 Å². The second-order valence-electron chi connectivity index (χ2n) is 4.06. The van der Waals surface area contributed by atoms with Crippen LogP contribution < -0.4 is 4.90 Å². The Bertz CT molecular complexity index is 450. The van der Waals surface area contributed by atoms with Crippen LogP contribution in [0.15, 0.2) is 18.3 Å². The summed E-state index contributed by atoms with van der Waals surface area (Å²) in [5.41, 5.74) is 0.608. The molecule has 0 saturated carbocycles. The van der Waals surface area contributed by atoms with Crippen molar-refractivity contribution in [2.75, 3.05) is 18.0 Å². The predicted octanol–water partition coefficient (Wildman–Crippen LogP) is 1.37. The van der Waals surface area contributed by atoms with E-state index in [1.807, 2.05) is 0 Å². The molecule has 82 valence electrons. The average molecular weight is 215 g/mol. The SMILES string of the molecule is CC(=O)[C@@H]1CCN(c2cc(C#N)ccn2)C1. The van der Waals surface area contributed by atoms with Crippen LogP contribution in [0.5, 0.6) is 0 Å². The lowest BCUT2D eigenvalue weighted by Gasteiger charge is -2.16. The molecule has 1 saturated heterocycles. The number of nitriles is 1. The van der Waals surface area contributed by atoms with Gasteiger partial charge in [0.1, 0.15) is 11.6 Å². The molecule has 0 aromatic carbocycles. The highest BCUT2D eigenvalue weighted by atomic mass is 16.1. The van der Waals surface area contributed by atoms with Crippen molar-refractivity contribution in [2.45, 2.75) is 13.3 Å². The van der Waals surface area contributed by atoms with Crippen LogP contribution in [-0.4, -0.2) is 23.9 Å². The molecule has 4 heteroatoms. The summed E-state index contributed by atoms with van der Waals surface area (Å²) in [7, 11) is 0. The number of carbonyl (C=O) groups is 1. The van der Waals surface area contributed by atoms with Crippen molar-refractivity contribution in [3.63, 3.8) is 0 Å². The van der Waals surface area contributed by atoms with E-state index >= 15 is 0 Å².